The van der Waals surface area contributed by atoms with Crippen LogP contribution in [0.1, 0.15) is 34.8 Å². The molecule has 2 aromatic rings. The summed E-state index contributed by atoms with van der Waals surface area (Å²) in [6.45, 7) is 0.799. The molecule has 23 heavy (non-hydrogen) atoms. The molecule has 2 N–H and O–H groups in total. The van der Waals surface area contributed by atoms with Crippen molar-refractivity contribution < 1.29 is 4.79 Å². The molecule has 3 nitrogen and oxygen atoms in total. The van der Waals surface area contributed by atoms with Gasteiger partial charge in [0.15, 0.2) is 10.9 Å². The Bertz CT molecular complexity index is 672. The van der Waals surface area contributed by atoms with Gasteiger partial charge in [-0.15, -0.1) is 0 Å². The Morgan fingerprint density at radius 1 is 1.04 bits per heavy atom. The van der Waals surface area contributed by atoms with E-state index < -0.39 is 0 Å². The first-order chi connectivity index (χ1) is 11.2. The first kappa shape index (κ1) is 15.7. The molecule has 2 aromatic carbocycles. The van der Waals surface area contributed by atoms with E-state index in [2.05, 4.69) is 22.8 Å². The molecule has 0 amide bonds. The van der Waals surface area contributed by atoms with Gasteiger partial charge in [0.05, 0.1) is 6.04 Å². The van der Waals surface area contributed by atoms with Crippen molar-refractivity contribution in [2.24, 2.45) is 5.92 Å². The van der Waals surface area contributed by atoms with Crippen LogP contribution in [0.4, 0.5) is 0 Å². The summed E-state index contributed by atoms with van der Waals surface area (Å²) in [6.07, 6.45) is 1.38. The third kappa shape index (κ3) is 3.96. The van der Waals surface area contributed by atoms with Crippen LogP contribution in [0.3, 0.4) is 0 Å². The van der Waals surface area contributed by atoms with Gasteiger partial charge < -0.3 is 10.6 Å². The molecule has 0 radical (unpaired) electrons. The first-order valence-corrected chi connectivity index (χ1v) is 8.32. The summed E-state index contributed by atoms with van der Waals surface area (Å²) in [5.74, 6) is 0.530. The predicted octanol–water partition coefficient (Wildman–Crippen LogP) is 3.48. The number of Topliss-reactive ketones (excluding diaryl/α,β-unsaturated/α-hetero) is 1. The van der Waals surface area contributed by atoms with Gasteiger partial charge in [0.2, 0.25) is 0 Å². The van der Waals surface area contributed by atoms with Gasteiger partial charge in [-0.1, -0.05) is 60.7 Å². The lowest BCUT2D eigenvalue weighted by Crippen LogP contribution is -2.50. The van der Waals surface area contributed by atoms with E-state index in [1.54, 1.807) is 0 Å². The topological polar surface area (TPSA) is 41.1 Å². The lowest BCUT2D eigenvalue weighted by molar-refractivity contribution is 0.0970. The van der Waals surface area contributed by atoms with Crippen molar-refractivity contribution in [3.05, 3.63) is 71.8 Å². The lowest BCUT2D eigenvalue weighted by atomic mass is 9.87. The average Bonchev–Trinajstić information content (AvgIpc) is 2.62. The Hall–Kier alpha value is -2.20. The summed E-state index contributed by atoms with van der Waals surface area (Å²) >= 11 is 5.26. The highest BCUT2D eigenvalue weighted by Gasteiger charge is 2.28. The predicted molar refractivity (Wildman–Crippen MR) is 96.4 cm³/mol. The van der Waals surface area contributed by atoms with Crippen LogP contribution < -0.4 is 10.6 Å². The van der Waals surface area contributed by atoms with Gasteiger partial charge in [-0.05, 0) is 24.2 Å². The third-order valence-corrected chi connectivity index (χ3v) is 4.54. The molecule has 4 heteroatoms. The summed E-state index contributed by atoms with van der Waals surface area (Å²) < 4.78 is 0. The highest BCUT2D eigenvalue weighted by atomic mass is 32.1. The van der Waals surface area contributed by atoms with Crippen LogP contribution in [-0.2, 0) is 0 Å². The van der Waals surface area contributed by atoms with Gasteiger partial charge in [0.1, 0.15) is 0 Å². The fraction of sp³-hybridized carbons (Fsp3) is 0.263. The molecule has 0 spiro atoms. The van der Waals surface area contributed by atoms with Crippen molar-refractivity contribution in [1.82, 2.24) is 10.6 Å². The number of thiocarbonyl (C=S) groups is 1. The largest absolute Gasteiger partial charge is 0.362 e. The summed E-state index contributed by atoms with van der Waals surface area (Å²) in [5, 5.41) is 7.24. The molecule has 3 rings (SSSR count). The summed E-state index contributed by atoms with van der Waals surface area (Å²) in [5.41, 5.74) is 2.00. The van der Waals surface area contributed by atoms with Crippen molar-refractivity contribution in [2.45, 2.75) is 18.9 Å². The lowest BCUT2D eigenvalue weighted by Gasteiger charge is -2.35. The highest BCUT2D eigenvalue weighted by Crippen LogP contribution is 2.28. The van der Waals surface area contributed by atoms with Crippen LogP contribution in [0.15, 0.2) is 60.7 Å². The Balaban J connectivity index is 1.67. The van der Waals surface area contributed by atoms with E-state index in [1.807, 2.05) is 48.5 Å². The number of carbonyl (C=O) groups is 1. The summed E-state index contributed by atoms with van der Waals surface area (Å²) in [6, 6.07) is 20.0. The standard InChI is InChI=1S/C19H20N2OS/c22-17(14-7-3-1-4-8-14)12-11-16-13-20-19(23)21-18(16)15-9-5-2-6-10-15/h1-10,16,18H,11-13H2,(H2,20,21,23). The van der Waals surface area contributed by atoms with Crippen LogP contribution in [0.25, 0.3) is 0 Å². The molecular formula is C19H20N2OS. The fourth-order valence-corrected chi connectivity index (χ4v) is 3.23. The molecule has 0 aromatic heterocycles. The van der Waals surface area contributed by atoms with Gasteiger partial charge in [-0.25, -0.2) is 0 Å². The summed E-state index contributed by atoms with van der Waals surface area (Å²) in [7, 11) is 0. The minimum Gasteiger partial charge on any atom is -0.362 e. The molecule has 1 aliphatic heterocycles. The Morgan fingerprint density at radius 3 is 2.39 bits per heavy atom. The van der Waals surface area contributed by atoms with E-state index in [0.29, 0.717) is 17.5 Å². The van der Waals surface area contributed by atoms with Gasteiger partial charge in [-0.3, -0.25) is 4.79 Å². The molecular weight excluding hydrogens is 304 g/mol. The number of carbonyl (C=O) groups excluding carboxylic acids is 1. The molecule has 2 atom stereocenters. The van der Waals surface area contributed by atoms with E-state index in [0.717, 1.165) is 18.5 Å². The molecule has 1 saturated heterocycles. The van der Waals surface area contributed by atoms with Crippen LogP contribution in [0, 0.1) is 5.92 Å². The highest BCUT2D eigenvalue weighted by molar-refractivity contribution is 7.80. The smallest absolute Gasteiger partial charge is 0.166 e. The second-order valence-corrected chi connectivity index (χ2v) is 6.24. The number of rotatable bonds is 5. The van der Waals surface area contributed by atoms with Crippen molar-refractivity contribution in [3.63, 3.8) is 0 Å². The number of hydrogen-bond acceptors (Lipinski definition) is 2. The van der Waals surface area contributed by atoms with Gasteiger partial charge in [-0.2, -0.15) is 0 Å². The first-order valence-electron chi connectivity index (χ1n) is 7.91. The fourth-order valence-electron chi connectivity index (χ4n) is 3.02. The zero-order valence-corrected chi connectivity index (χ0v) is 13.7. The molecule has 1 aliphatic rings. The van der Waals surface area contributed by atoms with Gasteiger partial charge in [0, 0.05) is 24.4 Å². The second kappa shape index (κ2) is 7.38. The maximum atomic E-state index is 12.3. The van der Waals surface area contributed by atoms with E-state index in [4.69, 9.17) is 12.2 Å². The Kier molecular flexibility index (Phi) is 5.03. The maximum absolute atomic E-state index is 12.3. The van der Waals surface area contributed by atoms with Crippen molar-refractivity contribution in [2.75, 3.05) is 6.54 Å². The van der Waals surface area contributed by atoms with Crippen molar-refractivity contribution in [3.8, 4) is 0 Å². The monoisotopic (exact) mass is 324 g/mol. The van der Waals surface area contributed by atoms with Crippen molar-refractivity contribution >= 4 is 23.1 Å². The van der Waals surface area contributed by atoms with E-state index >= 15 is 0 Å². The number of benzene rings is 2. The SMILES string of the molecule is O=C(CCC1CNC(=S)NC1c1ccccc1)c1ccccc1. The van der Waals surface area contributed by atoms with Gasteiger partial charge in [0.25, 0.3) is 0 Å². The molecule has 2 unspecified atom stereocenters. The average molecular weight is 324 g/mol. The number of ketones is 1. The Labute approximate surface area is 142 Å². The van der Waals surface area contributed by atoms with Crippen LogP contribution in [0.2, 0.25) is 0 Å². The second-order valence-electron chi connectivity index (χ2n) is 5.83. The Morgan fingerprint density at radius 2 is 1.70 bits per heavy atom. The third-order valence-electron chi connectivity index (χ3n) is 4.28. The molecule has 1 fully saturated rings. The van der Waals surface area contributed by atoms with E-state index in [9.17, 15) is 4.79 Å². The van der Waals surface area contributed by atoms with E-state index in [-0.39, 0.29) is 11.8 Å². The molecule has 0 saturated carbocycles. The molecule has 118 valence electrons. The quantitative estimate of drug-likeness (QED) is 0.652. The van der Waals surface area contributed by atoms with Crippen LogP contribution in [-0.4, -0.2) is 17.4 Å². The zero-order chi connectivity index (χ0) is 16.1. The number of hydrogen-bond donors (Lipinski definition) is 2. The number of nitrogens with one attached hydrogen (secondary N) is 2. The minimum absolute atomic E-state index is 0.161. The normalized spacial score (nSPS) is 20.4. The molecule has 0 bridgehead atoms. The van der Waals surface area contributed by atoms with Crippen LogP contribution >= 0.6 is 12.2 Å². The summed E-state index contributed by atoms with van der Waals surface area (Å²) in [4.78, 5) is 12.3. The van der Waals surface area contributed by atoms with E-state index in [1.165, 1.54) is 5.56 Å². The minimum atomic E-state index is 0.161. The van der Waals surface area contributed by atoms with Gasteiger partial charge >= 0.3 is 0 Å². The zero-order valence-electron chi connectivity index (χ0n) is 12.9. The molecule has 1 heterocycles. The molecule has 0 aliphatic carbocycles. The maximum Gasteiger partial charge on any atom is 0.166 e. The van der Waals surface area contributed by atoms with Crippen LogP contribution in [0.5, 0.6) is 0 Å². The van der Waals surface area contributed by atoms with Crippen molar-refractivity contribution in [1.29, 1.82) is 0 Å².